The Labute approximate surface area is 149 Å². The van der Waals surface area contributed by atoms with Crippen molar-refractivity contribution in [2.24, 2.45) is 5.92 Å². The first-order valence-electron chi connectivity index (χ1n) is 9.20. The second-order valence-electron chi connectivity index (χ2n) is 6.99. The minimum atomic E-state index is -0.192. The van der Waals surface area contributed by atoms with Gasteiger partial charge in [0.15, 0.2) is 0 Å². The Morgan fingerprint density at radius 3 is 2.72 bits per heavy atom. The third-order valence-electron chi connectivity index (χ3n) is 5.37. The van der Waals surface area contributed by atoms with Gasteiger partial charge in [-0.15, -0.1) is 0 Å². The highest BCUT2D eigenvalue weighted by molar-refractivity contribution is 5.91. The normalized spacial score (nSPS) is 21.3. The molecule has 6 heteroatoms. The van der Waals surface area contributed by atoms with Crippen molar-refractivity contribution in [2.75, 3.05) is 39.2 Å². The highest BCUT2D eigenvalue weighted by Crippen LogP contribution is 2.29. The van der Waals surface area contributed by atoms with E-state index < -0.39 is 0 Å². The van der Waals surface area contributed by atoms with Gasteiger partial charge in [-0.05, 0) is 43.9 Å². The predicted octanol–water partition coefficient (Wildman–Crippen LogP) is 3.09. The molecule has 0 bridgehead atoms. The second-order valence-corrected chi connectivity index (χ2v) is 6.99. The van der Waals surface area contributed by atoms with E-state index in [1.807, 2.05) is 0 Å². The molecule has 0 unspecified atom stereocenters. The van der Waals surface area contributed by atoms with Crippen LogP contribution in [0.15, 0.2) is 18.2 Å². The van der Waals surface area contributed by atoms with E-state index in [1.54, 1.807) is 32.4 Å². The number of hydrogen-bond donors (Lipinski definition) is 2. The summed E-state index contributed by atoms with van der Waals surface area (Å²) < 4.78 is 10.5. The van der Waals surface area contributed by atoms with E-state index in [1.165, 1.54) is 38.6 Å². The van der Waals surface area contributed by atoms with E-state index in [-0.39, 0.29) is 6.03 Å². The molecule has 1 atom stereocenters. The molecule has 1 heterocycles. The number of methoxy groups -OCH3 is 2. The number of carbonyl (C=O) groups excluding carboxylic acids is 1. The van der Waals surface area contributed by atoms with Gasteiger partial charge in [-0.1, -0.05) is 12.8 Å². The number of anilines is 1. The van der Waals surface area contributed by atoms with Crippen LogP contribution in [0.5, 0.6) is 11.5 Å². The fourth-order valence-corrected chi connectivity index (χ4v) is 3.94. The lowest BCUT2D eigenvalue weighted by molar-refractivity contribution is 0.234. The van der Waals surface area contributed by atoms with Gasteiger partial charge < -0.3 is 25.0 Å². The van der Waals surface area contributed by atoms with Crippen molar-refractivity contribution in [1.29, 1.82) is 0 Å². The van der Waals surface area contributed by atoms with Crippen molar-refractivity contribution in [3.63, 3.8) is 0 Å². The van der Waals surface area contributed by atoms with Crippen LogP contribution in [0.4, 0.5) is 10.5 Å². The summed E-state index contributed by atoms with van der Waals surface area (Å²) in [7, 11) is 3.18. The van der Waals surface area contributed by atoms with Crippen molar-refractivity contribution >= 4 is 11.7 Å². The lowest BCUT2D eigenvalue weighted by Crippen LogP contribution is -2.35. The molecule has 2 N–H and O–H groups in total. The summed E-state index contributed by atoms with van der Waals surface area (Å²) in [6.07, 6.45) is 6.60. The van der Waals surface area contributed by atoms with E-state index in [4.69, 9.17) is 9.47 Å². The van der Waals surface area contributed by atoms with E-state index in [9.17, 15) is 4.79 Å². The molecular weight excluding hydrogens is 318 g/mol. The highest BCUT2D eigenvalue weighted by Gasteiger charge is 2.29. The number of amides is 2. The molecule has 25 heavy (non-hydrogen) atoms. The molecule has 2 fully saturated rings. The second kappa shape index (κ2) is 8.43. The van der Waals surface area contributed by atoms with Crippen LogP contribution in [0.25, 0.3) is 0 Å². The number of hydrogen-bond acceptors (Lipinski definition) is 4. The Morgan fingerprint density at radius 1 is 1.20 bits per heavy atom. The van der Waals surface area contributed by atoms with Gasteiger partial charge in [0.2, 0.25) is 0 Å². The molecule has 0 aromatic heterocycles. The van der Waals surface area contributed by atoms with Crippen LogP contribution in [0, 0.1) is 5.92 Å². The van der Waals surface area contributed by atoms with Crippen LogP contribution >= 0.6 is 0 Å². The molecule has 3 rings (SSSR count). The molecule has 6 nitrogen and oxygen atoms in total. The molecule has 138 valence electrons. The number of benzene rings is 1. The third-order valence-corrected chi connectivity index (χ3v) is 5.37. The van der Waals surface area contributed by atoms with Crippen LogP contribution in [-0.4, -0.2) is 50.8 Å². The quantitative estimate of drug-likeness (QED) is 0.830. The Balaban J connectivity index is 1.45. The Kier molecular flexibility index (Phi) is 6.02. The number of nitrogens with one attached hydrogen (secondary N) is 2. The van der Waals surface area contributed by atoms with Crippen LogP contribution in [-0.2, 0) is 0 Å². The summed E-state index contributed by atoms with van der Waals surface area (Å²) in [5.74, 6) is 1.83. The summed E-state index contributed by atoms with van der Waals surface area (Å²) in [5, 5.41) is 5.86. The van der Waals surface area contributed by atoms with E-state index in [0.29, 0.717) is 29.6 Å². The maximum absolute atomic E-state index is 12.2. The molecular formula is C19H29N3O3. The third kappa shape index (κ3) is 4.57. The first-order chi connectivity index (χ1) is 12.2. The molecule has 1 aromatic carbocycles. The molecule has 1 saturated heterocycles. The zero-order valence-electron chi connectivity index (χ0n) is 15.2. The maximum atomic E-state index is 12.2. The number of ether oxygens (including phenoxy) is 2. The van der Waals surface area contributed by atoms with Gasteiger partial charge >= 0.3 is 6.03 Å². The number of carbonyl (C=O) groups is 1. The van der Waals surface area contributed by atoms with Crippen LogP contribution < -0.4 is 20.1 Å². The monoisotopic (exact) mass is 347 g/mol. The average Bonchev–Trinajstić information content (AvgIpc) is 3.31. The average molecular weight is 347 g/mol. The van der Waals surface area contributed by atoms with Gasteiger partial charge in [-0.3, -0.25) is 0 Å². The predicted molar refractivity (Wildman–Crippen MR) is 98.5 cm³/mol. The summed E-state index contributed by atoms with van der Waals surface area (Å²) >= 11 is 0. The maximum Gasteiger partial charge on any atom is 0.319 e. The van der Waals surface area contributed by atoms with Gasteiger partial charge in [-0.2, -0.15) is 0 Å². The van der Waals surface area contributed by atoms with E-state index in [0.717, 1.165) is 12.6 Å². The fraction of sp³-hybridized carbons (Fsp3) is 0.632. The smallest absolute Gasteiger partial charge is 0.319 e. The Bertz CT molecular complexity index is 587. The fourth-order valence-electron chi connectivity index (χ4n) is 3.94. The van der Waals surface area contributed by atoms with Gasteiger partial charge in [0.1, 0.15) is 11.5 Å². The summed E-state index contributed by atoms with van der Waals surface area (Å²) in [6, 6.07) is 5.93. The van der Waals surface area contributed by atoms with Crippen molar-refractivity contribution in [3.05, 3.63) is 18.2 Å². The highest BCUT2D eigenvalue weighted by atomic mass is 16.5. The number of rotatable bonds is 6. The number of urea groups is 1. The summed E-state index contributed by atoms with van der Waals surface area (Å²) in [4.78, 5) is 14.8. The molecule has 0 spiro atoms. The lowest BCUT2D eigenvalue weighted by atomic mass is 10.1. The molecule has 1 saturated carbocycles. The van der Waals surface area contributed by atoms with Gasteiger partial charge in [0, 0.05) is 25.2 Å². The van der Waals surface area contributed by atoms with Crippen molar-refractivity contribution in [1.82, 2.24) is 10.2 Å². The number of nitrogens with zero attached hydrogens (tertiary/aromatic N) is 1. The zero-order valence-corrected chi connectivity index (χ0v) is 15.2. The minimum absolute atomic E-state index is 0.192. The van der Waals surface area contributed by atoms with Gasteiger partial charge in [0.05, 0.1) is 19.9 Å². The molecule has 0 radical (unpaired) electrons. The molecule has 2 amide bonds. The van der Waals surface area contributed by atoms with Crippen LogP contribution in [0.3, 0.4) is 0 Å². The molecule has 1 aliphatic heterocycles. The Hall–Kier alpha value is -1.95. The lowest BCUT2D eigenvalue weighted by Gasteiger charge is -2.23. The molecule has 2 aliphatic rings. The Morgan fingerprint density at radius 2 is 2.00 bits per heavy atom. The van der Waals surface area contributed by atoms with Crippen LogP contribution in [0.2, 0.25) is 0 Å². The topological polar surface area (TPSA) is 62.8 Å². The van der Waals surface area contributed by atoms with Gasteiger partial charge in [0.25, 0.3) is 0 Å². The van der Waals surface area contributed by atoms with Crippen molar-refractivity contribution in [2.45, 2.75) is 38.1 Å². The van der Waals surface area contributed by atoms with E-state index >= 15 is 0 Å². The van der Waals surface area contributed by atoms with Gasteiger partial charge in [-0.25, -0.2) is 4.79 Å². The SMILES string of the molecule is COc1ccc(NC(=O)NC[C@@H]2CCN(C3CCCC3)C2)c(OC)c1. The summed E-state index contributed by atoms with van der Waals surface area (Å²) in [5.41, 5.74) is 0.639. The largest absolute Gasteiger partial charge is 0.497 e. The number of likely N-dealkylation sites (tertiary alicyclic amines) is 1. The first kappa shape index (κ1) is 17.9. The summed E-state index contributed by atoms with van der Waals surface area (Å²) in [6.45, 7) is 3.00. The minimum Gasteiger partial charge on any atom is -0.497 e. The van der Waals surface area contributed by atoms with Crippen molar-refractivity contribution in [3.8, 4) is 11.5 Å². The molecule has 1 aromatic rings. The van der Waals surface area contributed by atoms with Crippen LogP contribution in [0.1, 0.15) is 32.1 Å². The van der Waals surface area contributed by atoms with Crippen molar-refractivity contribution < 1.29 is 14.3 Å². The standard InChI is InChI=1S/C19H29N3O3/c1-24-16-7-8-17(18(11-16)25-2)21-19(23)20-12-14-9-10-22(13-14)15-5-3-4-6-15/h7-8,11,14-15H,3-6,9-10,12-13H2,1-2H3,(H2,20,21,23)/t14-/m0/s1. The first-order valence-corrected chi connectivity index (χ1v) is 9.20. The molecule has 1 aliphatic carbocycles. The zero-order chi connectivity index (χ0) is 17.6. The van der Waals surface area contributed by atoms with E-state index in [2.05, 4.69) is 15.5 Å².